The summed E-state index contributed by atoms with van der Waals surface area (Å²) in [6.45, 7) is 4.56. The van der Waals surface area contributed by atoms with Crippen molar-refractivity contribution >= 4 is 66.5 Å². The number of amides is 1. The number of rotatable bonds is 5. The quantitative estimate of drug-likeness (QED) is 0.327. The molecular formula is C25H20Br2N2O2S. The van der Waals surface area contributed by atoms with Crippen LogP contribution in [-0.2, 0) is 11.4 Å². The van der Waals surface area contributed by atoms with Crippen molar-refractivity contribution in [1.29, 1.82) is 0 Å². The maximum atomic E-state index is 12.4. The van der Waals surface area contributed by atoms with E-state index in [4.69, 9.17) is 4.74 Å². The van der Waals surface area contributed by atoms with Crippen molar-refractivity contribution in [3.8, 4) is 5.75 Å². The summed E-state index contributed by atoms with van der Waals surface area (Å²) in [7, 11) is 0. The molecule has 0 spiro atoms. The van der Waals surface area contributed by atoms with Crippen LogP contribution in [0.15, 0.2) is 79.5 Å². The molecule has 0 unspecified atom stereocenters. The Morgan fingerprint density at radius 3 is 2.41 bits per heavy atom. The van der Waals surface area contributed by atoms with Crippen LogP contribution in [0.3, 0.4) is 0 Å². The van der Waals surface area contributed by atoms with Crippen LogP contribution in [0.4, 0.5) is 5.69 Å². The van der Waals surface area contributed by atoms with Gasteiger partial charge in [0, 0.05) is 0 Å². The summed E-state index contributed by atoms with van der Waals surface area (Å²) in [6.07, 6.45) is 1.84. The van der Waals surface area contributed by atoms with Crippen LogP contribution in [0.5, 0.6) is 5.75 Å². The van der Waals surface area contributed by atoms with E-state index in [1.165, 1.54) is 22.9 Å². The summed E-state index contributed by atoms with van der Waals surface area (Å²) in [5, 5.41) is 3.40. The minimum Gasteiger partial charge on any atom is -0.487 e. The van der Waals surface area contributed by atoms with Crippen molar-refractivity contribution in [1.82, 2.24) is 5.32 Å². The molecule has 0 saturated carbocycles. The van der Waals surface area contributed by atoms with Gasteiger partial charge in [0.15, 0.2) is 5.17 Å². The molecule has 1 amide bonds. The van der Waals surface area contributed by atoms with Crippen LogP contribution >= 0.6 is 43.6 Å². The van der Waals surface area contributed by atoms with Gasteiger partial charge in [-0.25, -0.2) is 4.99 Å². The second-order valence-electron chi connectivity index (χ2n) is 7.41. The molecule has 1 N–H and O–H groups in total. The van der Waals surface area contributed by atoms with Crippen molar-refractivity contribution in [2.24, 2.45) is 4.99 Å². The Hall–Kier alpha value is -2.35. The minimum atomic E-state index is -0.159. The van der Waals surface area contributed by atoms with Crippen molar-refractivity contribution in [2.75, 3.05) is 0 Å². The van der Waals surface area contributed by atoms with Crippen LogP contribution in [0.25, 0.3) is 6.08 Å². The zero-order valence-corrected chi connectivity index (χ0v) is 21.5. The number of ether oxygens (including phenoxy) is 1. The van der Waals surface area contributed by atoms with Gasteiger partial charge in [0.1, 0.15) is 12.4 Å². The van der Waals surface area contributed by atoms with E-state index in [0.717, 1.165) is 31.5 Å². The predicted molar refractivity (Wildman–Crippen MR) is 139 cm³/mol. The van der Waals surface area contributed by atoms with Crippen molar-refractivity contribution in [2.45, 2.75) is 20.5 Å². The number of aliphatic imine (C=N–C) groups is 1. The van der Waals surface area contributed by atoms with E-state index in [1.54, 1.807) is 0 Å². The molecule has 3 aromatic carbocycles. The fourth-order valence-corrected chi connectivity index (χ4v) is 5.42. The number of hydrogen-bond acceptors (Lipinski definition) is 4. The Morgan fingerprint density at radius 1 is 1.00 bits per heavy atom. The second-order valence-corrected chi connectivity index (χ2v) is 10.1. The number of thioether (sulfide) groups is 1. The highest BCUT2D eigenvalue weighted by Crippen LogP contribution is 2.37. The third-order valence-electron chi connectivity index (χ3n) is 4.70. The normalized spacial score (nSPS) is 15.9. The maximum absolute atomic E-state index is 12.4. The zero-order valence-electron chi connectivity index (χ0n) is 17.5. The summed E-state index contributed by atoms with van der Waals surface area (Å²) in [5.41, 5.74) is 5.15. The molecule has 0 radical (unpaired) electrons. The Balaban J connectivity index is 1.50. The minimum absolute atomic E-state index is 0.159. The fraction of sp³-hybridized carbons (Fsp3) is 0.120. The zero-order chi connectivity index (χ0) is 22.7. The van der Waals surface area contributed by atoms with Gasteiger partial charge in [-0.3, -0.25) is 4.79 Å². The molecule has 3 aromatic rings. The molecule has 0 aromatic heterocycles. The lowest BCUT2D eigenvalue weighted by molar-refractivity contribution is -0.115. The monoisotopic (exact) mass is 570 g/mol. The molecule has 1 heterocycles. The molecule has 1 aliphatic heterocycles. The summed E-state index contributed by atoms with van der Waals surface area (Å²) in [5.74, 6) is 0.562. The molecule has 0 atom stereocenters. The topological polar surface area (TPSA) is 50.7 Å². The van der Waals surface area contributed by atoms with E-state index in [-0.39, 0.29) is 5.91 Å². The Morgan fingerprint density at radius 2 is 1.72 bits per heavy atom. The van der Waals surface area contributed by atoms with Gasteiger partial charge >= 0.3 is 0 Å². The standard InChI is InChI=1S/C25H20Br2N2O2S/c1-15-6-8-19(9-7-15)28-25-29-24(30)22(32-25)13-18-11-20(26)23(21(27)12-18)31-14-17-5-3-4-16(2)10-17/h3-13H,14H2,1-2H3,(H,28,29,30)/b22-13+. The lowest BCUT2D eigenvalue weighted by atomic mass is 10.1. The van der Waals surface area contributed by atoms with Gasteiger partial charge in [-0.05, 0) is 98.9 Å². The Bertz CT molecular complexity index is 1210. The van der Waals surface area contributed by atoms with Gasteiger partial charge < -0.3 is 10.1 Å². The molecular weight excluding hydrogens is 552 g/mol. The average molecular weight is 572 g/mol. The van der Waals surface area contributed by atoms with Gasteiger partial charge in [0.2, 0.25) is 0 Å². The maximum Gasteiger partial charge on any atom is 0.264 e. The number of amidine groups is 1. The number of hydrogen-bond donors (Lipinski definition) is 1. The van der Waals surface area contributed by atoms with Gasteiger partial charge in [-0.15, -0.1) is 0 Å². The molecule has 0 aliphatic carbocycles. The largest absolute Gasteiger partial charge is 0.487 e. The molecule has 1 aliphatic rings. The molecule has 7 heteroatoms. The van der Waals surface area contributed by atoms with E-state index in [0.29, 0.717) is 16.7 Å². The van der Waals surface area contributed by atoms with E-state index in [2.05, 4.69) is 61.2 Å². The first kappa shape index (κ1) is 22.8. The molecule has 32 heavy (non-hydrogen) atoms. The van der Waals surface area contributed by atoms with Crippen LogP contribution in [0.2, 0.25) is 0 Å². The van der Waals surface area contributed by atoms with Crippen LogP contribution in [0, 0.1) is 13.8 Å². The summed E-state index contributed by atoms with van der Waals surface area (Å²) < 4.78 is 7.65. The molecule has 1 saturated heterocycles. The molecule has 1 fully saturated rings. The summed E-state index contributed by atoms with van der Waals surface area (Å²) in [6, 6.07) is 20.0. The fourth-order valence-electron chi connectivity index (χ4n) is 3.13. The predicted octanol–water partition coefficient (Wildman–Crippen LogP) is 7.30. The number of nitrogens with one attached hydrogen (secondary N) is 1. The first-order valence-electron chi connectivity index (χ1n) is 9.91. The van der Waals surface area contributed by atoms with Crippen molar-refractivity contribution in [3.05, 3.63) is 96.8 Å². The van der Waals surface area contributed by atoms with Crippen molar-refractivity contribution in [3.63, 3.8) is 0 Å². The average Bonchev–Trinajstić information content (AvgIpc) is 3.08. The third kappa shape index (κ3) is 5.71. The van der Waals surface area contributed by atoms with Crippen LogP contribution in [0.1, 0.15) is 22.3 Å². The lowest BCUT2D eigenvalue weighted by Crippen LogP contribution is -2.19. The van der Waals surface area contributed by atoms with Gasteiger partial charge in [0.25, 0.3) is 5.91 Å². The summed E-state index contributed by atoms with van der Waals surface area (Å²) in [4.78, 5) is 17.5. The van der Waals surface area contributed by atoms with Crippen LogP contribution < -0.4 is 10.1 Å². The number of nitrogens with zero attached hydrogens (tertiary/aromatic N) is 1. The van der Waals surface area contributed by atoms with E-state index in [1.807, 2.05) is 61.5 Å². The van der Waals surface area contributed by atoms with Gasteiger partial charge in [0.05, 0.1) is 19.5 Å². The Labute approximate surface area is 208 Å². The molecule has 4 rings (SSSR count). The molecule has 162 valence electrons. The van der Waals surface area contributed by atoms with Gasteiger partial charge in [-0.1, -0.05) is 47.5 Å². The van der Waals surface area contributed by atoms with Crippen molar-refractivity contribution < 1.29 is 9.53 Å². The smallest absolute Gasteiger partial charge is 0.264 e. The lowest BCUT2D eigenvalue weighted by Gasteiger charge is -2.12. The molecule has 4 nitrogen and oxygen atoms in total. The second kappa shape index (κ2) is 10.1. The SMILES string of the molecule is Cc1ccc(N=C2NC(=O)/C(=C\c3cc(Br)c(OCc4cccc(C)c4)c(Br)c3)S2)cc1. The van der Waals surface area contributed by atoms with Gasteiger partial charge in [-0.2, -0.15) is 0 Å². The number of benzene rings is 3. The molecule has 0 bridgehead atoms. The number of halogens is 2. The highest BCUT2D eigenvalue weighted by molar-refractivity contribution is 9.11. The number of carbonyl (C=O) groups is 1. The number of aryl methyl sites for hydroxylation is 2. The van der Waals surface area contributed by atoms with E-state index >= 15 is 0 Å². The summed E-state index contributed by atoms with van der Waals surface area (Å²) >= 11 is 8.52. The van der Waals surface area contributed by atoms with E-state index in [9.17, 15) is 4.79 Å². The highest BCUT2D eigenvalue weighted by atomic mass is 79.9. The highest BCUT2D eigenvalue weighted by Gasteiger charge is 2.24. The first-order valence-corrected chi connectivity index (χ1v) is 12.3. The van der Waals surface area contributed by atoms with E-state index < -0.39 is 0 Å². The number of carbonyl (C=O) groups excluding carboxylic acids is 1. The third-order valence-corrected chi connectivity index (χ3v) is 6.79. The first-order chi connectivity index (χ1) is 15.4. The Kier molecular flexibility index (Phi) is 7.18. The van der Waals surface area contributed by atoms with Crippen LogP contribution in [-0.4, -0.2) is 11.1 Å².